The van der Waals surface area contributed by atoms with Gasteiger partial charge in [-0.25, -0.2) is 9.50 Å². The molecule has 0 N–H and O–H groups in total. The van der Waals surface area contributed by atoms with Crippen LogP contribution < -0.4 is 4.74 Å². The number of Topliss-reactive ketones (excluding diaryl/α,β-unsaturated/α-hetero) is 1. The number of aryl methyl sites for hydroxylation is 1. The van der Waals surface area contributed by atoms with Gasteiger partial charge in [-0.3, -0.25) is 9.59 Å². The number of hydrogen-bond acceptors (Lipinski definition) is 3. The van der Waals surface area contributed by atoms with Crippen LogP contribution in [0.2, 0.25) is 0 Å². The van der Waals surface area contributed by atoms with E-state index >= 15 is 0 Å². The third-order valence-electron chi connectivity index (χ3n) is 3.43. The summed E-state index contributed by atoms with van der Waals surface area (Å²) in [6.07, 6.45) is 1.02. The Hall–Kier alpha value is -2.53. The summed E-state index contributed by atoms with van der Waals surface area (Å²) in [6.45, 7) is -0.463. The molecule has 0 bridgehead atoms. The van der Waals surface area contributed by atoms with Crippen molar-refractivity contribution < 1.29 is 23.8 Å². The van der Waals surface area contributed by atoms with Gasteiger partial charge >= 0.3 is 0 Å². The molecule has 0 aromatic heterocycles. The number of ether oxygens (including phenoxy) is 1. The molecule has 0 aliphatic rings. The van der Waals surface area contributed by atoms with E-state index in [9.17, 15) is 19.1 Å². The minimum Gasteiger partial charge on any atom is -0.488 e. The maximum atomic E-state index is 13.5. The summed E-state index contributed by atoms with van der Waals surface area (Å²) in [7, 11) is 0. The van der Waals surface area contributed by atoms with E-state index in [4.69, 9.17) is 4.74 Å². The zero-order chi connectivity index (χ0) is 16.7. The fourth-order valence-electron chi connectivity index (χ4n) is 2.10. The summed E-state index contributed by atoms with van der Waals surface area (Å²) in [6, 6.07) is 11.6. The van der Waals surface area contributed by atoms with Gasteiger partial charge in [0.2, 0.25) is 0 Å². The van der Waals surface area contributed by atoms with Crippen LogP contribution >= 0.6 is 0 Å². The van der Waals surface area contributed by atoms with Crippen LogP contribution in [0.4, 0.5) is 4.39 Å². The van der Waals surface area contributed by atoms with Gasteiger partial charge in [-0.05, 0) is 29.7 Å². The molecule has 0 unspecified atom stereocenters. The molecular weight excluding hydrogens is 299 g/mol. The van der Waals surface area contributed by atoms with E-state index in [1.165, 1.54) is 12.1 Å². The van der Waals surface area contributed by atoms with E-state index in [0.717, 1.165) is 11.1 Å². The van der Waals surface area contributed by atoms with Crippen molar-refractivity contribution in [3.05, 3.63) is 65.0 Å². The third-order valence-corrected chi connectivity index (χ3v) is 3.43. The molecule has 2 rings (SSSR count). The molecule has 5 heteroatoms. The topological polar surface area (TPSA) is 63.3 Å². The Kier molecular flexibility index (Phi) is 6.00. The van der Waals surface area contributed by atoms with Crippen molar-refractivity contribution in [1.82, 2.24) is 0 Å². The molecule has 23 heavy (non-hydrogen) atoms. The highest BCUT2D eigenvalue weighted by Gasteiger charge is 2.09. The normalized spacial score (nSPS) is 10.3. The van der Waals surface area contributed by atoms with Gasteiger partial charge in [0.05, 0.1) is 5.56 Å². The quantitative estimate of drug-likeness (QED) is 0.555. The summed E-state index contributed by atoms with van der Waals surface area (Å²) >= 11 is 0. The number of benzene rings is 2. The summed E-state index contributed by atoms with van der Waals surface area (Å²) in [5.74, 6) is -0.734. The molecule has 0 saturated heterocycles. The molecule has 119 valence electrons. The smallest absolute Gasteiger partial charge is 0.195 e. The summed E-state index contributed by atoms with van der Waals surface area (Å²) in [5, 5.41) is 11.0. The van der Waals surface area contributed by atoms with Gasteiger partial charge in [0.25, 0.3) is 0 Å². The van der Waals surface area contributed by atoms with Gasteiger partial charge in [-0.1, -0.05) is 30.3 Å². The Balaban J connectivity index is 1.95. The van der Waals surface area contributed by atoms with E-state index in [1.54, 1.807) is 6.07 Å². The molecule has 2 aromatic carbocycles. The van der Waals surface area contributed by atoms with Crippen molar-refractivity contribution in [2.75, 3.05) is 0 Å². The number of carbonyl (C=O) groups excluding carboxylic acids is 2. The zero-order valence-corrected chi connectivity index (χ0v) is 12.5. The van der Waals surface area contributed by atoms with Crippen LogP contribution in [0, 0.1) is 5.82 Å². The lowest BCUT2D eigenvalue weighted by molar-refractivity contribution is -0.129. The maximum absolute atomic E-state index is 13.5. The molecule has 0 spiro atoms. The van der Waals surface area contributed by atoms with Gasteiger partial charge in [-0.15, -0.1) is 0 Å². The number of carbonyl (C=O) groups is 2. The average molecular weight is 315 g/mol. The number of aldehydes is 1. The predicted molar refractivity (Wildman–Crippen MR) is 81.0 cm³/mol. The van der Waals surface area contributed by atoms with Crippen molar-refractivity contribution >= 4 is 12.1 Å². The Labute approximate surface area is 133 Å². The van der Waals surface area contributed by atoms with E-state index in [0.29, 0.717) is 12.7 Å². The average Bonchev–Trinajstić information content (AvgIpc) is 2.58. The molecule has 0 amide bonds. The minimum absolute atomic E-state index is 0.0245. The number of ketones is 1. The molecule has 1 radical (unpaired) electrons. The third kappa shape index (κ3) is 4.72. The lowest BCUT2D eigenvalue weighted by Crippen LogP contribution is -2.02. The van der Waals surface area contributed by atoms with E-state index in [1.807, 2.05) is 24.3 Å². The molecule has 0 fully saturated rings. The van der Waals surface area contributed by atoms with Crippen LogP contribution in [-0.2, 0) is 34.3 Å². The molecule has 0 aliphatic heterocycles. The Morgan fingerprint density at radius 3 is 2.43 bits per heavy atom. The Morgan fingerprint density at radius 2 is 1.78 bits per heavy atom. The van der Waals surface area contributed by atoms with Crippen LogP contribution in [-0.4, -0.2) is 12.1 Å². The fraction of sp³-hybridized carbons (Fsp3) is 0.222. The first kappa shape index (κ1) is 16.8. The van der Waals surface area contributed by atoms with Crippen molar-refractivity contribution in [3.8, 4) is 5.75 Å². The summed E-state index contributed by atoms with van der Waals surface area (Å²) in [5.41, 5.74) is 1.82. The molecule has 0 atom stereocenters. The van der Waals surface area contributed by atoms with Gasteiger partial charge < -0.3 is 4.74 Å². The predicted octanol–water partition coefficient (Wildman–Crippen LogP) is 3.04. The van der Waals surface area contributed by atoms with Crippen LogP contribution in [0.3, 0.4) is 0 Å². The van der Waals surface area contributed by atoms with Gasteiger partial charge in [0, 0.05) is 6.42 Å². The van der Waals surface area contributed by atoms with E-state index in [2.05, 4.69) is 0 Å². The van der Waals surface area contributed by atoms with E-state index < -0.39 is 18.2 Å². The van der Waals surface area contributed by atoms with Crippen LogP contribution in [0.15, 0.2) is 42.5 Å². The number of halogens is 1. The second-order valence-electron chi connectivity index (χ2n) is 5.05. The SMILES string of the molecule is [O]Cc1c(F)cccc1OCc1ccc(CCC(=O)C=O)cc1. The molecule has 0 saturated carbocycles. The standard InChI is InChI=1S/C18H16FO4/c19-17-2-1-3-18(16(17)11-21)23-12-14-6-4-13(5-7-14)8-9-15(22)10-20/h1-7,10H,8-9,11-12H2. The lowest BCUT2D eigenvalue weighted by Gasteiger charge is -2.10. The highest BCUT2D eigenvalue weighted by molar-refractivity contribution is 6.24. The molecular formula is C18H16FO4. The van der Waals surface area contributed by atoms with Crippen molar-refractivity contribution in [2.45, 2.75) is 26.1 Å². The van der Waals surface area contributed by atoms with E-state index in [-0.39, 0.29) is 24.3 Å². The molecule has 4 nitrogen and oxygen atoms in total. The highest BCUT2D eigenvalue weighted by atomic mass is 19.1. The second kappa shape index (κ2) is 8.19. The van der Waals surface area contributed by atoms with Crippen LogP contribution in [0.1, 0.15) is 23.1 Å². The largest absolute Gasteiger partial charge is 0.488 e. The highest BCUT2D eigenvalue weighted by Crippen LogP contribution is 2.22. The molecule has 0 aliphatic carbocycles. The van der Waals surface area contributed by atoms with Gasteiger partial charge in [-0.2, -0.15) is 0 Å². The van der Waals surface area contributed by atoms with Crippen molar-refractivity contribution in [3.63, 3.8) is 0 Å². The van der Waals surface area contributed by atoms with Crippen molar-refractivity contribution in [2.24, 2.45) is 0 Å². The van der Waals surface area contributed by atoms with Gasteiger partial charge in [0.1, 0.15) is 24.8 Å². The maximum Gasteiger partial charge on any atom is 0.195 e. The lowest BCUT2D eigenvalue weighted by atomic mass is 10.1. The molecule has 0 heterocycles. The monoisotopic (exact) mass is 315 g/mol. The van der Waals surface area contributed by atoms with Crippen LogP contribution in [0.25, 0.3) is 0 Å². The van der Waals surface area contributed by atoms with Crippen LogP contribution in [0.5, 0.6) is 5.75 Å². The first-order chi connectivity index (χ1) is 11.1. The Bertz CT molecular complexity index is 680. The summed E-state index contributed by atoms with van der Waals surface area (Å²) < 4.78 is 19.0. The summed E-state index contributed by atoms with van der Waals surface area (Å²) in [4.78, 5) is 21.2. The zero-order valence-electron chi connectivity index (χ0n) is 12.5. The Morgan fingerprint density at radius 1 is 1.09 bits per heavy atom. The first-order valence-electron chi connectivity index (χ1n) is 7.18. The molecule has 2 aromatic rings. The second-order valence-corrected chi connectivity index (χ2v) is 5.05. The minimum atomic E-state index is -0.675. The number of hydrogen-bond donors (Lipinski definition) is 0. The van der Waals surface area contributed by atoms with Crippen molar-refractivity contribution in [1.29, 1.82) is 0 Å². The fourth-order valence-corrected chi connectivity index (χ4v) is 2.10. The van der Waals surface area contributed by atoms with Gasteiger partial charge in [0.15, 0.2) is 12.1 Å². The first-order valence-corrected chi connectivity index (χ1v) is 7.18. The number of rotatable bonds is 8.